The number of amides is 1. The Morgan fingerprint density at radius 2 is 2.13 bits per heavy atom. The van der Waals surface area contributed by atoms with Crippen molar-refractivity contribution in [2.24, 2.45) is 0 Å². The van der Waals surface area contributed by atoms with Crippen LogP contribution in [0.15, 0.2) is 35.6 Å². The Hall–Kier alpha value is -2.92. The highest BCUT2D eigenvalue weighted by atomic mass is 32.2. The topological polar surface area (TPSA) is 96.1 Å². The van der Waals surface area contributed by atoms with E-state index in [1.54, 1.807) is 17.9 Å². The molecule has 2 heterocycles. The van der Waals surface area contributed by atoms with E-state index in [4.69, 9.17) is 9.47 Å². The minimum absolute atomic E-state index is 0.0914. The molecule has 0 atom stereocenters. The van der Waals surface area contributed by atoms with Gasteiger partial charge >= 0.3 is 0 Å². The van der Waals surface area contributed by atoms with Gasteiger partial charge in [-0.05, 0) is 32.0 Å². The minimum atomic E-state index is -0.410. The highest BCUT2D eigenvalue weighted by molar-refractivity contribution is 7.99. The fourth-order valence-electron chi connectivity index (χ4n) is 2.83. The zero-order chi connectivity index (χ0) is 22.2. The van der Waals surface area contributed by atoms with E-state index in [0.717, 1.165) is 5.56 Å². The normalized spacial score (nSPS) is 11.0. The van der Waals surface area contributed by atoms with Crippen molar-refractivity contribution in [2.75, 3.05) is 31.4 Å². The third-order valence-corrected chi connectivity index (χ3v) is 5.22. The average Bonchev–Trinajstić information content (AvgIpc) is 3.34. The van der Waals surface area contributed by atoms with Crippen LogP contribution in [0.5, 0.6) is 5.88 Å². The number of methoxy groups -OCH3 is 1. The summed E-state index contributed by atoms with van der Waals surface area (Å²) in [5.74, 6) is 0.484. The summed E-state index contributed by atoms with van der Waals surface area (Å²) in [4.78, 5) is 12.3. The maximum Gasteiger partial charge on any atom is 0.243 e. The van der Waals surface area contributed by atoms with Gasteiger partial charge in [-0.1, -0.05) is 17.8 Å². The summed E-state index contributed by atoms with van der Waals surface area (Å²) in [5, 5.41) is 16.3. The highest BCUT2D eigenvalue weighted by Crippen LogP contribution is 2.30. The number of halogens is 1. The summed E-state index contributed by atoms with van der Waals surface area (Å²) in [6.07, 6.45) is 1.86. The second-order valence-electron chi connectivity index (χ2n) is 6.43. The second-order valence-corrected chi connectivity index (χ2v) is 7.38. The third-order valence-electron chi connectivity index (χ3n) is 4.25. The molecule has 9 nitrogen and oxygen atoms in total. The van der Waals surface area contributed by atoms with E-state index in [1.165, 1.54) is 30.0 Å². The van der Waals surface area contributed by atoms with Crippen molar-refractivity contribution in [2.45, 2.75) is 32.1 Å². The monoisotopic (exact) mass is 448 g/mol. The van der Waals surface area contributed by atoms with Crippen molar-refractivity contribution < 1.29 is 18.7 Å². The number of carbonyl (C=O) groups is 1. The molecular formula is C20H25FN6O3S. The molecular weight excluding hydrogens is 423 g/mol. The molecule has 2 aromatic heterocycles. The van der Waals surface area contributed by atoms with E-state index in [2.05, 4.69) is 20.6 Å². The van der Waals surface area contributed by atoms with Gasteiger partial charge in [-0.15, -0.1) is 15.3 Å². The molecule has 0 bridgehead atoms. The number of thioether (sulfide) groups is 1. The first-order chi connectivity index (χ1) is 15.0. The van der Waals surface area contributed by atoms with Crippen LogP contribution in [0.3, 0.4) is 0 Å². The van der Waals surface area contributed by atoms with Crippen LogP contribution < -0.4 is 10.1 Å². The lowest BCUT2D eigenvalue weighted by atomic mass is 10.3. The van der Waals surface area contributed by atoms with Gasteiger partial charge in [-0.25, -0.2) is 4.39 Å². The summed E-state index contributed by atoms with van der Waals surface area (Å²) >= 11 is 1.24. The van der Waals surface area contributed by atoms with Gasteiger partial charge in [0.2, 0.25) is 11.8 Å². The van der Waals surface area contributed by atoms with Crippen molar-refractivity contribution in [3.8, 4) is 17.3 Å². The lowest BCUT2D eigenvalue weighted by Crippen LogP contribution is -2.15. The number of benzene rings is 1. The number of nitrogens with zero attached hydrogens (tertiary/aromatic N) is 5. The Labute approximate surface area is 183 Å². The number of anilines is 1. The SMILES string of the molecule is CCOc1nn(CC)cc1-c1nnc(SCC(=O)Nc2cccc(F)c2)n1CCOC. The summed E-state index contributed by atoms with van der Waals surface area (Å²) in [5.41, 5.74) is 1.13. The van der Waals surface area contributed by atoms with Gasteiger partial charge in [-0.2, -0.15) is 0 Å². The molecule has 11 heteroatoms. The Balaban J connectivity index is 1.79. The molecule has 3 aromatic rings. The Morgan fingerprint density at radius 3 is 2.84 bits per heavy atom. The number of hydrogen-bond acceptors (Lipinski definition) is 7. The predicted octanol–water partition coefficient (Wildman–Crippen LogP) is 3.08. The number of rotatable bonds is 11. The first-order valence-corrected chi connectivity index (χ1v) is 10.8. The van der Waals surface area contributed by atoms with Gasteiger partial charge < -0.3 is 14.8 Å². The van der Waals surface area contributed by atoms with Crippen LogP contribution in [0, 0.1) is 5.82 Å². The van der Waals surface area contributed by atoms with Gasteiger partial charge in [0.1, 0.15) is 11.4 Å². The standard InChI is InChI=1S/C20H25FN6O3S/c1-4-26-12-16(19(25-26)30-5-2)18-23-24-20(27(18)9-10-29-3)31-13-17(28)22-15-8-6-7-14(21)11-15/h6-8,11-12H,4-5,9-10,13H2,1-3H3,(H,22,28). The van der Waals surface area contributed by atoms with E-state index >= 15 is 0 Å². The summed E-state index contributed by atoms with van der Waals surface area (Å²) in [6.45, 7) is 5.98. The molecule has 0 spiro atoms. The minimum Gasteiger partial charge on any atom is -0.476 e. The maximum absolute atomic E-state index is 13.3. The van der Waals surface area contributed by atoms with Gasteiger partial charge in [-0.3, -0.25) is 14.0 Å². The predicted molar refractivity (Wildman–Crippen MR) is 116 cm³/mol. The molecule has 1 aromatic carbocycles. The van der Waals surface area contributed by atoms with Gasteiger partial charge in [0, 0.05) is 25.5 Å². The van der Waals surface area contributed by atoms with Crippen LogP contribution in [-0.2, 0) is 22.6 Å². The first kappa shape index (κ1) is 22.8. The fraction of sp³-hybridized carbons (Fsp3) is 0.400. The zero-order valence-corrected chi connectivity index (χ0v) is 18.5. The van der Waals surface area contributed by atoms with Crippen LogP contribution in [0.25, 0.3) is 11.4 Å². The number of aryl methyl sites for hydroxylation is 1. The van der Waals surface area contributed by atoms with Crippen molar-refractivity contribution in [3.63, 3.8) is 0 Å². The zero-order valence-electron chi connectivity index (χ0n) is 17.7. The van der Waals surface area contributed by atoms with Crippen molar-refractivity contribution in [3.05, 3.63) is 36.3 Å². The highest BCUT2D eigenvalue weighted by Gasteiger charge is 2.21. The van der Waals surface area contributed by atoms with E-state index in [1.807, 2.05) is 24.6 Å². The van der Waals surface area contributed by atoms with Crippen molar-refractivity contribution >= 4 is 23.4 Å². The number of nitrogens with one attached hydrogen (secondary N) is 1. The molecule has 0 fully saturated rings. The first-order valence-electron chi connectivity index (χ1n) is 9.86. The molecule has 0 aliphatic carbocycles. The number of carbonyl (C=O) groups excluding carboxylic acids is 1. The quantitative estimate of drug-likeness (QED) is 0.450. The molecule has 3 rings (SSSR count). The molecule has 0 unspecified atom stereocenters. The van der Waals surface area contributed by atoms with E-state index in [-0.39, 0.29) is 11.7 Å². The molecule has 1 amide bonds. The van der Waals surface area contributed by atoms with Crippen LogP contribution in [0.1, 0.15) is 13.8 Å². The lowest BCUT2D eigenvalue weighted by Gasteiger charge is -2.10. The molecule has 0 aliphatic heterocycles. The Morgan fingerprint density at radius 1 is 1.29 bits per heavy atom. The van der Waals surface area contributed by atoms with Crippen LogP contribution >= 0.6 is 11.8 Å². The number of ether oxygens (including phenoxy) is 2. The maximum atomic E-state index is 13.3. The van der Waals surface area contributed by atoms with E-state index in [9.17, 15) is 9.18 Å². The molecule has 0 saturated heterocycles. The van der Waals surface area contributed by atoms with Crippen molar-refractivity contribution in [1.29, 1.82) is 0 Å². The van der Waals surface area contributed by atoms with Gasteiger partial charge in [0.25, 0.3) is 0 Å². The van der Waals surface area contributed by atoms with Gasteiger partial charge in [0.05, 0.1) is 25.5 Å². The molecule has 166 valence electrons. The van der Waals surface area contributed by atoms with Crippen LogP contribution in [-0.4, -0.2) is 56.5 Å². The fourth-order valence-corrected chi connectivity index (χ4v) is 3.60. The van der Waals surface area contributed by atoms with Crippen molar-refractivity contribution in [1.82, 2.24) is 24.5 Å². The average molecular weight is 449 g/mol. The summed E-state index contributed by atoms with van der Waals surface area (Å²) in [7, 11) is 1.62. The third kappa shape index (κ3) is 5.82. The molecule has 0 aliphatic rings. The molecule has 31 heavy (non-hydrogen) atoms. The summed E-state index contributed by atoms with van der Waals surface area (Å²) < 4.78 is 27.9. The smallest absolute Gasteiger partial charge is 0.243 e. The molecule has 1 N–H and O–H groups in total. The van der Waals surface area contributed by atoms with Crippen LogP contribution in [0.2, 0.25) is 0 Å². The van der Waals surface area contributed by atoms with E-state index in [0.29, 0.717) is 48.9 Å². The Kier molecular flexibility index (Phi) is 8.01. The lowest BCUT2D eigenvalue weighted by molar-refractivity contribution is -0.113. The second kappa shape index (κ2) is 10.9. The molecule has 0 saturated carbocycles. The van der Waals surface area contributed by atoms with Crippen LogP contribution in [0.4, 0.5) is 10.1 Å². The molecule has 0 radical (unpaired) electrons. The number of hydrogen-bond donors (Lipinski definition) is 1. The largest absolute Gasteiger partial charge is 0.476 e. The Bertz CT molecular complexity index is 1020. The van der Waals surface area contributed by atoms with E-state index < -0.39 is 5.82 Å². The van der Waals surface area contributed by atoms with Gasteiger partial charge in [0.15, 0.2) is 11.0 Å². The number of aromatic nitrogens is 5. The summed E-state index contributed by atoms with van der Waals surface area (Å²) in [6, 6.07) is 5.76.